The molecule has 5 heteroatoms. The SMILES string of the molecule is C[C@H](C(=O)N1CCC(C(N)=O)CC1)N1CC[C@@H]2CCCC[C@H]2C1. The summed E-state index contributed by atoms with van der Waals surface area (Å²) in [4.78, 5) is 28.4. The van der Waals surface area contributed by atoms with Crippen LogP contribution in [0.5, 0.6) is 0 Å². The standard InChI is InChI=1S/C18H31N3O2/c1-13(18(23)20-9-7-15(8-10-20)17(19)22)21-11-6-14-4-2-3-5-16(14)12-21/h13-16H,2-12H2,1H3,(H2,19,22)/t13-,14+,16+/m1/s1. The Morgan fingerprint density at radius 3 is 2.26 bits per heavy atom. The first-order valence-electron chi connectivity index (χ1n) is 9.38. The lowest BCUT2D eigenvalue weighted by molar-refractivity contribution is -0.140. The highest BCUT2D eigenvalue weighted by Crippen LogP contribution is 2.36. The molecule has 3 aliphatic rings. The molecule has 1 aliphatic carbocycles. The van der Waals surface area contributed by atoms with E-state index in [1.165, 1.54) is 32.1 Å². The van der Waals surface area contributed by atoms with Crippen LogP contribution in [0, 0.1) is 17.8 Å². The third kappa shape index (κ3) is 3.70. The number of nitrogens with two attached hydrogens (primary N) is 1. The highest BCUT2D eigenvalue weighted by atomic mass is 16.2. The van der Waals surface area contributed by atoms with E-state index in [-0.39, 0.29) is 23.8 Å². The van der Waals surface area contributed by atoms with Crippen LogP contribution in [0.1, 0.15) is 51.9 Å². The van der Waals surface area contributed by atoms with Gasteiger partial charge in [0.25, 0.3) is 0 Å². The zero-order chi connectivity index (χ0) is 16.4. The lowest BCUT2D eigenvalue weighted by Gasteiger charge is -2.44. The molecule has 5 nitrogen and oxygen atoms in total. The first kappa shape index (κ1) is 16.7. The largest absolute Gasteiger partial charge is 0.369 e. The van der Waals surface area contributed by atoms with Crippen molar-refractivity contribution in [3.63, 3.8) is 0 Å². The van der Waals surface area contributed by atoms with Crippen molar-refractivity contribution in [3.05, 3.63) is 0 Å². The predicted molar refractivity (Wildman–Crippen MR) is 89.6 cm³/mol. The number of carbonyl (C=O) groups excluding carboxylic acids is 2. The molecule has 2 saturated heterocycles. The van der Waals surface area contributed by atoms with E-state index in [0.717, 1.165) is 37.8 Å². The molecule has 0 aromatic rings. The lowest BCUT2D eigenvalue weighted by atomic mass is 9.75. The van der Waals surface area contributed by atoms with Crippen LogP contribution in [-0.2, 0) is 9.59 Å². The molecule has 1 saturated carbocycles. The van der Waals surface area contributed by atoms with Gasteiger partial charge in [-0.05, 0) is 51.0 Å². The number of likely N-dealkylation sites (tertiary alicyclic amines) is 2. The fourth-order valence-corrected chi connectivity index (χ4v) is 4.79. The van der Waals surface area contributed by atoms with Crippen molar-refractivity contribution < 1.29 is 9.59 Å². The second-order valence-corrected chi connectivity index (χ2v) is 7.77. The van der Waals surface area contributed by atoms with Crippen LogP contribution in [0.2, 0.25) is 0 Å². The van der Waals surface area contributed by atoms with Crippen molar-refractivity contribution in [2.24, 2.45) is 23.5 Å². The Balaban J connectivity index is 1.52. The fourth-order valence-electron chi connectivity index (χ4n) is 4.79. The second kappa shape index (κ2) is 7.20. The molecule has 2 aliphatic heterocycles. The molecule has 2 amide bonds. The number of hydrogen-bond acceptors (Lipinski definition) is 3. The summed E-state index contributed by atoms with van der Waals surface area (Å²) in [6.07, 6.45) is 8.18. The molecule has 0 spiro atoms. The van der Waals surface area contributed by atoms with Gasteiger partial charge in [0, 0.05) is 25.6 Å². The van der Waals surface area contributed by atoms with Gasteiger partial charge >= 0.3 is 0 Å². The molecule has 0 radical (unpaired) electrons. The zero-order valence-corrected chi connectivity index (χ0v) is 14.4. The van der Waals surface area contributed by atoms with Crippen molar-refractivity contribution in [2.45, 2.75) is 57.9 Å². The number of primary amides is 1. The molecule has 130 valence electrons. The van der Waals surface area contributed by atoms with Gasteiger partial charge in [0.1, 0.15) is 0 Å². The molecule has 0 aromatic heterocycles. The maximum atomic E-state index is 12.8. The van der Waals surface area contributed by atoms with Crippen molar-refractivity contribution in [2.75, 3.05) is 26.2 Å². The Kier molecular flexibility index (Phi) is 5.24. The average molecular weight is 321 g/mol. The number of fused-ring (bicyclic) bond motifs is 1. The van der Waals surface area contributed by atoms with Gasteiger partial charge in [-0.2, -0.15) is 0 Å². The molecule has 3 rings (SSSR count). The highest BCUT2D eigenvalue weighted by molar-refractivity contribution is 5.82. The molecule has 23 heavy (non-hydrogen) atoms. The van der Waals surface area contributed by atoms with Crippen molar-refractivity contribution in [3.8, 4) is 0 Å². The van der Waals surface area contributed by atoms with Gasteiger partial charge in [-0.1, -0.05) is 19.3 Å². The Bertz CT molecular complexity index is 446. The van der Waals surface area contributed by atoms with Crippen LogP contribution < -0.4 is 5.73 Å². The smallest absolute Gasteiger partial charge is 0.239 e. The number of carbonyl (C=O) groups is 2. The van der Waals surface area contributed by atoms with E-state index < -0.39 is 0 Å². The van der Waals surface area contributed by atoms with Crippen molar-refractivity contribution >= 4 is 11.8 Å². The number of hydrogen-bond donors (Lipinski definition) is 1. The molecule has 0 aromatic carbocycles. The minimum absolute atomic E-state index is 0.0250. The van der Waals surface area contributed by atoms with Gasteiger partial charge in [-0.15, -0.1) is 0 Å². The van der Waals surface area contributed by atoms with Gasteiger partial charge in [0.15, 0.2) is 0 Å². The summed E-state index contributed by atoms with van der Waals surface area (Å²) in [6, 6.07) is -0.0250. The normalized spacial score (nSPS) is 31.4. The van der Waals surface area contributed by atoms with Crippen LogP contribution in [0.3, 0.4) is 0 Å². The van der Waals surface area contributed by atoms with Crippen molar-refractivity contribution in [1.29, 1.82) is 0 Å². The molecule has 2 N–H and O–H groups in total. The lowest BCUT2D eigenvalue weighted by Crippen LogP contribution is -2.54. The van der Waals surface area contributed by atoms with Crippen LogP contribution in [0.25, 0.3) is 0 Å². The third-order valence-corrected chi connectivity index (χ3v) is 6.44. The molecule has 3 fully saturated rings. The maximum Gasteiger partial charge on any atom is 0.239 e. The quantitative estimate of drug-likeness (QED) is 0.859. The first-order valence-corrected chi connectivity index (χ1v) is 9.38. The van der Waals surface area contributed by atoms with Gasteiger partial charge < -0.3 is 10.6 Å². The molecule has 2 heterocycles. The van der Waals surface area contributed by atoms with Crippen LogP contribution in [-0.4, -0.2) is 53.8 Å². The Morgan fingerprint density at radius 2 is 1.61 bits per heavy atom. The minimum atomic E-state index is -0.218. The van der Waals surface area contributed by atoms with Crippen molar-refractivity contribution in [1.82, 2.24) is 9.80 Å². The summed E-state index contributed by atoms with van der Waals surface area (Å²) in [5, 5.41) is 0. The Hall–Kier alpha value is -1.10. The van der Waals surface area contributed by atoms with E-state index >= 15 is 0 Å². The van der Waals surface area contributed by atoms with Crippen LogP contribution in [0.15, 0.2) is 0 Å². The summed E-state index contributed by atoms with van der Waals surface area (Å²) in [7, 11) is 0. The number of rotatable bonds is 3. The third-order valence-electron chi connectivity index (χ3n) is 6.44. The van der Waals surface area contributed by atoms with E-state index in [1.54, 1.807) is 0 Å². The zero-order valence-electron chi connectivity index (χ0n) is 14.4. The van der Waals surface area contributed by atoms with Gasteiger partial charge in [-0.3, -0.25) is 14.5 Å². The van der Waals surface area contributed by atoms with E-state index in [0.29, 0.717) is 13.1 Å². The summed E-state index contributed by atoms with van der Waals surface area (Å²) in [5.41, 5.74) is 5.38. The number of amides is 2. The van der Waals surface area contributed by atoms with E-state index in [4.69, 9.17) is 5.73 Å². The van der Waals surface area contributed by atoms with Gasteiger partial charge in [-0.25, -0.2) is 0 Å². The monoisotopic (exact) mass is 321 g/mol. The Labute approximate surface area is 139 Å². The van der Waals surface area contributed by atoms with E-state index in [1.807, 2.05) is 4.90 Å². The molecule has 0 unspecified atom stereocenters. The summed E-state index contributed by atoms with van der Waals surface area (Å²) in [6.45, 7) is 5.57. The topological polar surface area (TPSA) is 66.6 Å². The summed E-state index contributed by atoms with van der Waals surface area (Å²) >= 11 is 0. The average Bonchev–Trinajstić information content (AvgIpc) is 2.60. The molecular weight excluding hydrogens is 290 g/mol. The van der Waals surface area contributed by atoms with E-state index in [2.05, 4.69) is 11.8 Å². The predicted octanol–water partition coefficient (Wildman–Crippen LogP) is 1.61. The molecule has 0 bridgehead atoms. The molecule has 3 atom stereocenters. The van der Waals surface area contributed by atoms with Crippen LogP contribution in [0.4, 0.5) is 0 Å². The summed E-state index contributed by atoms with van der Waals surface area (Å²) < 4.78 is 0. The summed E-state index contributed by atoms with van der Waals surface area (Å²) in [5.74, 6) is 1.67. The molecular formula is C18H31N3O2. The number of piperidine rings is 2. The Morgan fingerprint density at radius 1 is 0.957 bits per heavy atom. The van der Waals surface area contributed by atoms with Gasteiger partial charge in [0.2, 0.25) is 11.8 Å². The van der Waals surface area contributed by atoms with Crippen LogP contribution >= 0.6 is 0 Å². The van der Waals surface area contributed by atoms with Gasteiger partial charge in [0.05, 0.1) is 6.04 Å². The minimum Gasteiger partial charge on any atom is -0.369 e. The second-order valence-electron chi connectivity index (χ2n) is 7.77. The number of nitrogens with zero attached hydrogens (tertiary/aromatic N) is 2. The van der Waals surface area contributed by atoms with E-state index in [9.17, 15) is 9.59 Å². The highest BCUT2D eigenvalue weighted by Gasteiger charge is 2.36. The first-order chi connectivity index (χ1) is 11.1. The fraction of sp³-hybridized carbons (Fsp3) is 0.889. The maximum absolute atomic E-state index is 12.8.